The van der Waals surface area contributed by atoms with Crippen molar-refractivity contribution in [2.75, 3.05) is 0 Å². The van der Waals surface area contributed by atoms with Crippen molar-refractivity contribution in [1.82, 2.24) is 4.98 Å². The van der Waals surface area contributed by atoms with Crippen molar-refractivity contribution in [3.05, 3.63) is 69.0 Å². The standard InChI is InChI=1S/C15H9FN2O2S/c16-11-3-1-2-10(8-11)4-7-15-17-13-6-5-12(18(19)20)9-14(13)21-15/h1-9H/b7-4+. The van der Waals surface area contributed by atoms with Gasteiger partial charge in [0.2, 0.25) is 0 Å². The first-order chi connectivity index (χ1) is 10.1. The minimum Gasteiger partial charge on any atom is -0.258 e. The first-order valence-corrected chi connectivity index (χ1v) is 6.92. The highest BCUT2D eigenvalue weighted by molar-refractivity contribution is 7.19. The summed E-state index contributed by atoms with van der Waals surface area (Å²) in [6.45, 7) is 0. The molecule has 0 aliphatic rings. The quantitative estimate of drug-likeness (QED) is 0.528. The van der Waals surface area contributed by atoms with Crippen LogP contribution in [0.15, 0.2) is 42.5 Å². The van der Waals surface area contributed by atoms with Gasteiger partial charge in [-0.25, -0.2) is 9.37 Å². The van der Waals surface area contributed by atoms with E-state index in [2.05, 4.69) is 4.98 Å². The van der Waals surface area contributed by atoms with Crippen molar-refractivity contribution in [2.45, 2.75) is 0 Å². The molecule has 0 aliphatic heterocycles. The van der Waals surface area contributed by atoms with E-state index in [-0.39, 0.29) is 11.5 Å². The highest BCUT2D eigenvalue weighted by atomic mass is 32.1. The smallest absolute Gasteiger partial charge is 0.258 e. The summed E-state index contributed by atoms with van der Waals surface area (Å²) in [7, 11) is 0. The molecule has 0 amide bonds. The van der Waals surface area contributed by atoms with Crippen molar-refractivity contribution in [2.24, 2.45) is 0 Å². The second-order valence-electron chi connectivity index (χ2n) is 4.35. The maximum Gasteiger partial charge on any atom is 0.270 e. The van der Waals surface area contributed by atoms with Gasteiger partial charge in [0.15, 0.2) is 0 Å². The molecule has 2 aromatic carbocycles. The lowest BCUT2D eigenvalue weighted by Gasteiger charge is -1.91. The Bertz CT molecular complexity index is 858. The molecule has 0 atom stereocenters. The molecule has 0 saturated heterocycles. The van der Waals surface area contributed by atoms with Crippen LogP contribution in [0, 0.1) is 15.9 Å². The first-order valence-electron chi connectivity index (χ1n) is 6.10. The minimum absolute atomic E-state index is 0.0480. The van der Waals surface area contributed by atoms with Crippen LogP contribution in [0.2, 0.25) is 0 Å². The summed E-state index contributed by atoms with van der Waals surface area (Å²) in [5.41, 5.74) is 1.50. The molecule has 104 valence electrons. The van der Waals surface area contributed by atoms with Crippen molar-refractivity contribution in [3.8, 4) is 0 Å². The van der Waals surface area contributed by atoms with E-state index < -0.39 is 4.92 Å². The van der Waals surface area contributed by atoms with Gasteiger partial charge in [-0.05, 0) is 29.8 Å². The van der Waals surface area contributed by atoms with Crippen LogP contribution in [0.5, 0.6) is 0 Å². The average Bonchev–Trinajstić information content (AvgIpc) is 2.87. The van der Waals surface area contributed by atoms with Crippen LogP contribution in [-0.4, -0.2) is 9.91 Å². The number of fused-ring (bicyclic) bond motifs is 1. The third-order valence-corrected chi connectivity index (χ3v) is 3.85. The molecule has 21 heavy (non-hydrogen) atoms. The monoisotopic (exact) mass is 300 g/mol. The minimum atomic E-state index is -0.429. The number of benzene rings is 2. The Balaban J connectivity index is 1.92. The molecule has 0 fully saturated rings. The lowest BCUT2D eigenvalue weighted by Crippen LogP contribution is -1.85. The zero-order valence-corrected chi connectivity index (χ0v) is 11.5. The first kappa shape index (κ1) is 13.4. The Morgan fingerprint density at radius 3 is 2.81 bits per heavy atom. The molecule has 0 saturated carbocycles. The van der Waals surface area contributed by atoms with Crippen LogP contribution in [0.3, 0.4) is 0 Å². The van der Waals surface area contributed by atoms with Gasteiger partial charge in [0.25, 0.3) is 5.69 Å². The highest BCUT2D eigenvalue weighted by Crippen LogP contribution is 2.27. The summed E-state index contributed by atoms with van der Waals surface area (Å²) in [6.07, 6.45) is 3.53. The molecule has 1 aromatic heterocycles. The number of thiazole rings is 1. The van der Waals surface area contributed by atoms with E-state index in [1.54, 1.807) is 30.4 Å². The van der Waals surface area contributed by atoms with Crippen LogP contribution in [0.4, 0.5) is 10.1 Å². The van der Waals surface area contributed by atoms with Gasteiger partial charge in [-0.15, -0.1) is 11.3 Å². The van der Waals surface area contributed by atoms with Gasteiger partial charge in [-0.2, -0.15) is 0 Å². The number of rotatable bonds is 3. The molecule has 4 nitrogen and oxygen atoms in total. The summed E-state index contributed by atoms with van der Waals surface area (Å²) in [6, 6.07) is 10.8. The van der Waals surface area contributed by atoms with Crippen LogP contribution in [-0.2, 0) is 0 Å². The summed E-state index contributed by atoms with van der Waals surface area (Å²) in [4.78, 5) is 14.7. The number of nitro benzene ring substituents is 1. The molecule has 0 radical (unpaired) electrons. The van der Waals surface area contributed by atoms with Gasteiger partial charge in [0.1, 0.15) is 10.8 Å². The number of hydrogen-bond acceptors (Lipinski definition) is 4. The Kier molecular flexibility index (Phi) is 3.45. The number of halogens is 1. The lowest BCUT2D eigenvalue weighted by atomic mass is 10.2. The van der Waals surface area contributed by atoms with Gasteiger partial charge in [-0.3, -0.25) is 10.1 Å². The number of hydrogen-bond donors (Lipinski definition) is 0. The second-order valence-corrected chi connectivity index (χ2v) is 5.41. The highest BCUT2D eigenvalue weighted by Gasteiger charge is 2.09. The molecule has 0 spiro atoms. The van der Waals surface area contributed by atoms with E-state index in [1.807, 2.05) is 0 Å². The number of aromatic nitrogens is 1. The van der Waals surface area contributed by atoms with Gasteiger partial charge in [0, 0.05) is 12.1 Å². The average molecular weight is 300 g/mol. The lowest BCUT2D eigenvalue weighted by molar-refractivity contribution is -0.384. The van der Waals surface area contributed by atoms with Crippen molar-refractivity contribution in [3.63, 3.8) is 0 Å². The molecule has 0 aliphatic carbocycles. The largest absolute Gasteiger partial charge is 0.270 e. The summed E-state index contributed by atoms with van der Waals surface area (Å²) in [5, 5.41) is 11.5. The predicted molar refractivity (Wildman–Crippen MR) is 81.6 cm³/mol. The fourth-order valence-corrected chi connectivity index (χ4v) is 2.80. The van der Waals surface area contributed by atoms with E-state index in [1.165, 1.54) is 35.6 Å². The van der Waals surface area contributed by atoms with Gasteiger partial charge in [0.05, 0.1) is 15.1 Å². The summed E-state index contributed by atoms with van der Waals surface area (Å²) < 4.78 is 13.8. The van der Waals surface area contributed by atoms with Crippen LogP contribution >= 0.6 is 11.3 Å². The van der Waals surface area contributed by atoms with E-state index >= 15 is 0 Å². The fourth-order valence-electron chi connectivity index (χ4n) is 1.89. The number of nitrogens with zero attached hydrogens (tertiary/aromatic N) is 2. The van der Waals surface area contributed by atoms with E-state index in [4.69, 9.17) is 0 Å². The summed E-state index contributed by atoms with van der Waals surface area (Å²) in [5.74, 6) is -0.294. The molecule has 3 rings (SSSR count). The van der Waals surface area contributed by atoms with Crippen LogP contribution < -0.4 is 0 Å². The third-order valence-electron chi connectivity index (χ3n) is 2.87. The summed E-state index contributed by atoms with van der Waals surface area (Å²) >= 11 is 1.36. The van der Waals surface area contributed by atoms with Crippen molar-refractivity contribution < 1.29 is 9.31 Å². The predicted octanol–water partition coefficient (Wildman–Crippen LogP) is 4.51. The molecule has 6 heteroatoms. The van der Waals surface area contributed by atoms with E-state index in [0.29, 0.717) is 5.52 Å². The second kappa shape index (κ2) is 5.41. The Morgan fingerprint density at radius 2 is 2.05 bits per heavy atom. The molecular formula is C15H9FN2O2S. The van der Waals surface area contributed by atoms with Gasteiger partial charge in [-0.1, -0.05) is 18.2 Å². The topological polar surface area (TPSA) is 56.0 Å². The van der Waals surface area contributed by atoms with E-state index in [9.17, 15) is 14.5 Å². The fraction of sp³-hybridized carbons (Fsp3) is 0. The van der Waals surface area contributed by atoms with Gasteiger partial charge < -0.3 is 0 Å². The zero-order chi connectivity index (χ0) is 14.8. The van der Waals surface area contributed by atoms with Crippen molar-refractivity contribution in [1.29, 1.82) is 0 Å². The molecular weight excluding hydrogens is 291 g/mol. The maximum absolute atomic E-state index is 13.1. The SMILES string of the molecule is O=[N+]([O-])c1ccc2nc(/C=C/c3cccc(F)c3)sc2c1. The number of nitro groups is 1. The van der Waals surface area contributed by atoms with Gasteiger partial charge >= 0.3 is 0 Å². The van der Waals surface area contributed by atoms with E-state index in [0.717, 1.165) is 15.3 Å². The van der Waals surface area contributed by atoms with Crippen molar-refractivity contribution >= 4 is 39.4 Å². The molecule has 0 N–H and O–H groups in total. The molecule has 3 aromatic rings. The number of non-ortho nitro benzene ring substituents is 1. The Morgan fingerprint density at radius 1 is 1.19 bits per heavy atom. The van der Waals surface area contributed by atoms with Crippen LogP contribution in [0.25, 0.3) is 22.4 Å². The molecule has 1 heterocycles. The normalized spacial score (nSPS) is 11.3. The third kappa shape index (κ3) is 2.95. The molecule has 0 bridgehead atoms. The Labute approximate surface area is 123 Å². The zero-order valence-electron chi connectivity index (χ0n) is 10.7. The molecule has 0 unspecified atom stereocenters. The Hall–Kier alpha value is -2.60. The maximum atomic E-state index is 13.1. The van der Waals surface area contributed by atoms with Crippen LogP contribution in [0.1, 0.15) is 10.6 Å².